The van der Waals surface area contributed by atoms with Crippen LogP contribution in [0.5, 0.6) is 11.5 Å². The van der Waals surface area contributed by atoms with Crippen LogP contribution < -0.4 is 15.4 Å². The van der Waals surface area contributed by atoms with Crippen LogP contribution in [-0.4, -0.2) is 14.2 Å². The average molecular weight is 260 g/mol. The normalized spacial score (nSPS) is 10.8. The molecule has 5 heteroatoms. The molecule has 0 aliphatic rings. The molecule has 0 amide bonds. The number of ether oxygens (including phenoxy) is 2. The fourth-order valence-electron chi connectivity index (χ4n) is 1.85. The summed E-state index contributed by atoms with van der Waals surface area (Å²) in [5, 5.41) is 0.550. The molecule has 4 nitrogen and oxygen atoms in total. The molecule has 0 unspecified atom stereocenters. The van der Waals surface area contributed by atoms with E-state index in [0.29, 0.717) is 16.5 Å². The monoisotopic (exact) mass is 259 g/mol. The molecule has 0 saturated carbocycles. The van der Waals surface area contributed by atoms with Crippen molar-refractivity contribution in [1.29, 1.82) is 0 Å². The fourth-order valence-corrected chi connectivity index (χ4v) is 2.36. The summed E-state index contributed by atoms with van der Waals surface area (Å²) in [6.07, 6.45) is 0. The third kappa shape index (κ3) is 2.83. The third-order valence-corrected chi connectivity index (χ3v) is 2.93. The lowest BCUT2D eigenvalue weighted by Crippen LogP contribution is -2.06. The molecule has 0 atom stereocenters. The van der Waals surface area contributed by atoms with E-state index in [1.165, 1.54) is 0 Å². The van der Waals surface area contributed by atoms with Gasteiger partial charge in [-0.05, 0) is 23.1 Å². The molecule has 17 heavy (non-hydrogen) atoms. The summed E-state index contributed by atoms with van der Waals surface area (Å²) in [7, 11) is 3.13. The number of rotatable bonds is 5. The van der Waals surface area contributed by atoms with E-state index in [4.69, 9.17) is 31.8 Å². The van der Waals surface area contributed by atoms with Gasteiger partial charge in [0.25, 0.3) is 0 Å². The summed E-state index contributed by atoms with van der Waals surface area (Å²) >= 11 is 6.33. The molecule has 0 fully saturated rings. The van der Waals surface area contributed by atoms with Gasteiger partial charge in [0.2, 0.25) is 0 Å². The Morgan fingerprint density at radius 2 is 1.94 bits per heavy atom. The van der Waals surface area contributed by atoms with Crippen LogP contribution in [0, 0.1) is 0 Å². The van der Waals surface area contributed by atoms with Crippen LogP contribution in [0.25, 0.3) is 0 Å². The van der Waals surface area contributed by atoms with Crippen LogP contribution in [0.3, 0.4) is 0 Å². The maximum Gasteiger partial charge on any atom is 0.179 e. The minimum atomic E-state index is 0.243. The lowest BCUT2D eigenvalue weighted by molar-refractivity contribution is 0.123. The summed E-state index contributed by atoms with van der Waals surface area (Å²) in [5.74, 6) is 6.49. The Bertz CT molecular complexity index is 394. The van der Waals surface area contributed by atoms with E-state index in [-0.39, 0.29) is 12.5 Å². The molecule has 0 aliphatic carbocycles. The Morgan fingerprint density at radius 1 is 1.29 bits per heavy atom. The first-order valence-electron chi connectivity index (χ1n) is 5.31. The van der Waals surface area contributed by atoms with Crippen LogP contribution in [0.15, 0.2) is 6.07 Å². The topological polar surface area (TPSA) is 53.7 Å². The highest BCUT2D eigenvalue weighted by Crippen LogP contribution is 2.42. The zero-order valence-corrected chi connectivity index (χ0v) is 11.3. The van der Waals surface area contributed by atoms with Gasteiger partial charge in [-0.2, -0.15) is 0 Å². The number of hydrogen-bond acceptors (Lipinski definition) is 4. The molecule has 1 rings (SSSR count). The van der Waals surface area contributed by atoms with Gasteiger partial charge in [-0.3, -0.25) is 4.84 Å². The van der Waals surface area contributed by atoms with Gasteiger partial charge in [-0.15, -0.1) is 0 Å². The van der Waals surface area contributed by atoms with Crippen molar-refractivity contribution in [3.8, 4) is 11.5 Å². The van der Waals surface area contributed by atoms with Crippen molar-refractivity contribution in [2.24, 2.45) is 5.90 Å². The van der Waals surface area contributed by atoms with E-state index >= 15 is 0 Å². The summed E-state index contributed by atoms with van der Waals surface area (Å²) in [4.78, 5) is 4.69. The molecule has 0 radical (unpaired) electrons. The smallest absolute Gasteiger partial charge is 0.179 e. The molecular weight excluding hydrogens is 242 g/mol. The standard InChI is InChI=1S/C12H18ClNO3/c1-7(2)10-8(6-17-14)5-9(15-3)12(16-4)11(10)13/h5,7H,6,14H2,1-4H3. The summed E-state index contributed by atoms with van der Waals surface area (Å²) in [6.45, 7) is 4.38. The van der Waals surface area contributed by atoms with Crippen molar-refractivity contribution in [3.63, 3.8) is 0 Å². The number of methoxy groups -OCH3 is 2. The van der Waals surface area contributed by atoms with E-state index in [1.807, 2.05) is 19.9 Å². The van der Waals surface area contributed by atoms with Crippen LogP contribution >= 0.6 is 11.6 Å². The van der Waals surface area contributed by atoms with Crippen molar-refractivity contribution in [2.75, 3.05) is 14.2 Å². The second-order valence-corrected chi connectivity index (χ2v) is 4.34. The van der Waals surface area contributed by atoms with Crippen LogP contribution in [0.1, 0.15) is 30.9 Å². The molecule has 0 aliphatic heterocycles. The number of nitrogens with two attached hydrogens (primary N) is 1. The summed E-state index contributed by atoms with van der Waals surface area (Å²) < 4.78 is 10.5. The first kappa shape index (κ1) is 14.1. The van der Waals surface area contributed by atoms with Gasteiger partial charge >= 0.3 is 0 Å². The van der Waals surface area contributed by atoms with E-state index in [1.54, 1.807) is 14.2 Å². The lowest BCUT2D eigenvalue weighted by Gasteiger charge is -2.19. The number of halogens is 1. The van der Waals surface area contributed by atoms with E-state index in [2.05, 4.69) is 0 Å². The van der Waals surface area contributed by atoms with Gasteiger partial charge in [0.1, 0.15) is 0 Å². The van der Waals surface area contributed by atoms with Crippen molar-refractivity contribution in [1.82, 2.24) is 0 Å². The van der Waals surface area contributed by atoms with Crippen molar-refractivity contribution < 1.29 is 14.3 Å². The van der Waals surface area contributed by atoms with Crippen molar-refractivity contribution >= 4 is 11.6 Å². The Morgan fingerprint density at radius 3 is 2.35 bits per heavy atom. The molecule has 0 heterocycles. The molecule has 0 aromatic heterocycles. The SMILES string of the molecule is COc1cc(CON)c(C(C)C)c(Cl)c1OC. The van der Waals surface area contributed by atoms with Crippen LogP contribution in [0.2, 0.25) is 5.02 Å². The molecular formula is C12H18ClNO3. The predicted octanol–water partition coefficient (Wildman–Crippen LogP) is 2.87. The van der Waals surface area contributed by atoms with E-state index in [0.717, 1.165) is 11.1 Å². The minimum absolute atomic E-state index is 0.243. The highest BCUT2D eigenvalue weighted by atomic mass is 35.5. The molecule has 96 valence electrons. The molecule has 1 aromatic carbocycles. The lowest BCUT2D eigenvalue weighted by atomic mass is 9.96. The van der Waals surface area contributed by atoms with Gasteiger partial charge in [-0.25, -0.2) is 5.90 Å². The summed E-state index contributed by atoms with van der Waals surface area (Å²) in [5.41, 5.74) is 1.87. The minimum Gasteiger partial charge on any atom is -0.493 e. The largest absolute Gasteiger partial charge is 0.493 e. The summed E-state index contributed by atoms with van der Waals surface area (Å²) in [6, 6.07) is 1.84. The van der Waals surface area contributed by atoms with E-state index < -0.39 is 0 Å². The Labute approximate surface area is 107 Å². The molecule has 1 aromatic rings. The second kappa shape index (κ2) is 6.10. The van der Waals surface area contributed by atoms with Gasteiger partial charge in [-0.1, -0.05) is 25.4 Å². The first-order chi connectivity index (χ1) is 8.06. The first-order valence-corrected chi connectivity index (χ1v) is 5.69. The average Bonchev–Trinajstić information content (AvgIpc) is 2.28. The Balaban J connectivity index is 3.44. The zero-order chi connectivity index (χ0) is 13.0. The van der Waals surface area contributed by atoms with Gasteiger partial charge in [0, 0.05) is 0 Å². The van der Waals surface area contributed by atoms with Gasteiger partial charge in [0.15, 0.2) is 11.5 Å². The van der Waals surface area contributed by atoms with Crippen molar-refractivity contribution in [2.45, 2.75) is 26.4 Å². The highest BCUT2D eigenvalue weighted by Gasteiger charge is 2.20. The maximum absolute atomic E-state index is 6.33. The molecule has 0 spiro atoms. The Kier molecular flexibility index (Phi) is 5.05. The second-order valence-electron chi connectivity index (χ2n) is 3.96. The van der Waals surface area contributed by atoms with Crippen LogP contribution in [-0.2, 0) is 11.4 Å². The quantitative estimate of drug-likeness (QED) is 0.826. The predicted molar refractivity (Wildman–Crippen MR) is 67.6 cm³/mol. The fraction of sp³-hybridized carbons (Fsp3) is 0.500. The molecule has 2 N–H and O–H groups in total. The molecule has 0 saturated heterocycles. The van der Waals surface area contributed by atoms with E-state index in [9.17, 15) is 0 Å². The maximum atomic E-state index is 6.33. The third-order valence-electron chi connectivity index (χ3n) is 2.55. The van der Waals surface area contributed by atoms with Gasteiger partial charge < -0.3 is 9.47 Å². The zero-order valence-electron chi connectivity index (χ0n) is 10.5. The van der Waals surface area contributed by atoms with Crippen LogP contribution in [0.4, 0.5) is 0 Å². The highest BCUT2D eigenvalue weighted by molar-refractivity contribution is 6.33. The Hall–Kier alpha value is -0.970. The number of hydrogen-bond donors (Lipinski definition) is 1. The molecule has 0 bridgehead atoms. The number of benzene rings is 1. The van der Waals surface area contributed by atoms with Gasteiger partial charge in [0.05, 0.1) is 25.8 Å². The van der Waals surface area contributed by atoms with Crippen molar-refractivity contribution in [3.05, 3.63) is 22.2 Å².